The molecule has 1 aromatic heterocycles. The lowest BCUT2D eigenvalue weighted by molar-refractivity contribution is -0.117. The van der Waals surface area contributed by atoms with Gasteiger partial charge in [-0.05, 0) is 56.2 Å². The Morgan fingerprint density at radius 2 is 1.70 bits per heavy atom. The minimum absolute atomic E-state index is 0.0322. The molecule has 1 fully saturated rings. The summed E-state index contributed by atoms with van der Waals surface area (Å²) in [5.74, 6) is 1.28. The van der Waals surface area contributed by atoms with E-state index in [9.17, 15) is 9.59 Å². The number of rotatable bonds is 4. The molecule has 1 saturated heterocycles. The Hall–Kier alpha value is -4.01. The Labute approximate surface area is 216 Å². The molecule has 5 rings (SSSR count). The van der Waals surface area contributed by atoms with Crippen LogP contribution in [0, 0.1) is 0 Å². The fourth-order valence-electron chi connectivity index (χ4n) is 4.67. The standard InChI is InChI=1S/C28H31N5O4/c1-19(34)18-33-30-25(29-31-33)21-11-9-20(10-12-21)23-17-28(36-24-8-6-5-7-22(23)24)13-15-32(16-14-28)26(35)37-27(2,3)4/h5-12,17H,13-16,18H2,1-4H3. The van der Waals surface area contributed by atoms with E-state index in [1.807, 2.05) is 63.2 Å². The van der Waals surface area contributed by atoms with Crippen LogP contribution >= 0.6 is 0 Å². The van der Waals surface area contributed by atoms with Crippen LogP contribution in [0.3, 0.4) is 0 Å². The van der Waals surface area contributed by atoms with Crippen molar-refractivity contribution in [2.45, 2.75) is 58.3 Å². The molecule has 2 aromatic carbocycles. The number of fused-ring (bicyclic) bond motifs is 1. The minimum atomic E-state index is -0.525. The predicted molar refractivity (Wildman–Crippen MR) is 138 cm³/mol. The van der Waals surface area contributed by atoms with Gasteiger partial charge in [0.2, 0.25) is 5.82 Å². The summed E-state index contributed by atoms with van der Waals surface area (Å²) in [6.45, 7) is 8.34. The molecule has 0 atom stereocenters. The Bertz CT molecular complexity index is 1350. The van der Waals surface area contributed by atoms with Gasteiger partial charge in [-0.25, -0.2) is 4.79 Å². The third-order valence-corrected chi connectivity index (χ3v) is 6.43. The minimum Gasteiger partial charge on any atom is -0.482 e. The van der Waals surface area contributed by atoms with Gasteiger partial charge >= 0.3 is 6.09 Å². The number of piperidine rings is 1. The highest BCUT2D eigenvalue weighted by Crippen LogP contribution is 2.43. The molecule has 1 spiro atoms. The normalized spacial score (nSPS) is 16.5. The Kier molecular flexibility index (Phi) is 6.31. The summed E-state index contributed by atoms with van der Waals surface area (Å²) in [4.78, 5) is 27.0. The molecular weight excluding hydrogens is 470 g/mol. The molecule has 37 heavy (non-hydrogen) atoms. The molecule has 0 unspecified atom stereocenters. The summed E-state index contributed by atoms with van der Waals surface area (Å²) in [5, 5.41) is 12.3. The first-order valence-electron chi connectivity index (χ1n) is 12.5. The molecule has 3 aromatic rings. The molecule has 0 radical (unpaired) electrons. The maximum Gasteiger partial charge on any atom is 0.410 e. The van der Waals surface area contributed by atoms with Gasteiger partial charge in [0.1, 0.15) is 23.5 Å². The summed E-state index contributed by atoms with van der Waals surface area (Å²) >= 11 is 0. The van der Waals surface area contributed by atoms with Crippen molar-refractivity contribution in [3.63, 3.8) is 0 Å². The Morgan fingerprint density at radius 1 is 1.03 bits per heavy atom. The number of tetrazole rings is 1. The van der Waals surface area contributed by atoms with Gasteiger partial charge < -0.3 is 14.4 Å². The largest absolute Gasteiger partial charge is 0.482 e. The van der Waals surface area contributed by atoms with Gasteiger partial charge in [0, 0.05) is 37.1 Å². The molecule has 1 amide bonds. The van der Waals surface area contributed by atoms with Crippen molar-refractivity contribution in [1.29, 1.82) is 0 Å². The number of benzene rings is 2. The second-order valence-electron chi connectivity index (χ2n) is 10.6. The van der Waals surface area contributed by atoms with Gasteiger partial charge in [-0.2, -0.15) is 4.80 Å². The third kappa shape index (κ3) is 5.40. The van der Waals surface area contributed by atoms with Crippen molar-refractivity contribution in [3.8, 4) is 17.1 Å². The number of hydrogen-bond donors (Lipinski definition) is 0. The van der Waals surface area contributed by atoms with Gasteiger partial charge in [0.15, 0.2) is 5.78 Å². The van der Waals surface area contributed by atoms with Crippen molar-refractivity contribution in [3.05, 3.63) is 65.7 Å². The number of hydrogen-bond acceptors (Lipinski definition) is 7. The van der Waals surface area contributed by atoms with E-state index in [1.165, 1.54) is 11.7 Å². The maximum atomic E-state index is 12.6. The fourth-order valence-corrected chi connectivity index (χ4v) is 4.67. The highest BCUT2D eigenvalue weighted by molar-refractivity contribution is 5.85. The zero-order chi connectivity index (χ0) is 26.2. The molecule has 9 nitrogen and oxygen atoms in total. The number of likely N-dealkylation sites (tertiary alicyclic amines) is 1. The average molecular weight is 502 g/mol. The second-order valence-corrected chi connectivity index (χ2v) is 10.6. The second kappa shape index (κ2) is 9.46. The zero-order valence-electron chi connectivity index (χ0n) is 21.6. The molecule has 0 saturated carbocycles. The van der Waals surface area contributed by atoms with E-state index in [0.717, 1.165) is 28.0 Å². The number of carbonyl (C=O) groups is 2. The lowest BCUT2D eigenvalue weighted by atomic mass is 9.83. The summed E-state index contributed by atoms with van der Waals surface area (Å²) in [7, 11) is 0. The Morgan fingerprint density at radius 3 is 2.38 bits per heavy atom. The predicted octanol–water partition coefficient (Wildman–Crippen LogP) is 4.52. The summed E-state index contributed by atoms with van der Waals surface area (Å²) < 4.78 is 12.1. The average Bonchev–Trinajstić information content (AvgIpc) is 3.31. The molecular formula is C28H31N5O4. The smallest absolute Gasteiger partial charge is 0.410 e. The molecule has 192 valence electrons. The number of carbonyl (C=O) groups excluding carboxylic acids is 2. The van der Waals surface area contributed by atoms with Crippen LogP contribution in [0.25, 0.3) is 17.0 Å². The van der Waals surface area contributed by atoms with Crippen molar-refractivity contribution in [1.82, 2.24) is 25.1 Å². The first-order chi connectivity index (χ1) is 17.6. The van der Waals surface area contributed by atoms with E-state index in [2.05, 4.69) is 27.6 Å². The number of aromatic nitrogens is 4. The number of amides is 1. The topological polar surface area (TPSA) is 99.4 Å². The summed E-state index contributed by atoms with van der Waals surface area (Å²) in [6, 6.07) is 16.0. The van der Waals surface area contributed by atoms with Crippen LogP contribution in [0.2, 0.25) is 0 Å². The Balaban J connectivity index is 1.40. The van der Waals surface area contributed by atoms with Gasteiger partial charge in [-0.1, -0.05) is 42.5 Å². The summed E-state index contributed by atoms with van der Waals surface area (Å²) in [6.07, 6.45) is 3.27. The van der Waals surface area contributed by atoms with Crippen molar-refractivity contribution >= 4 is 17.4 Å². The van der Waals surface area contributed by atoms with E-state index in [4.69, 9.17) is 9.47 Å². The van der Waals surface area contributed by atoms with E-state index in [-0.39, 0.29) is 18.4 Å². The number of ketones is 1. The van der Waals surface area contributed by atoms with Crippen LogP contribution in [0.1, 0.15) is 51.7 Å². The van der Waals surface area contributed by atoms with Crippen LogP contribution in [-0.2, 0) is 16.1 Å². The van der Waals surface area contributed by atoms with E-state index in [1.54, 1.807) is 4.90 Å². The molecule has 2 aliphatic heterocycles. The quantitative estimate of drug-likeness (QED) is 0.518. The zero-order valence-corrected chi connectivity index (χ0v) is 21.6. The number of para-hydroxylation sites is 1. The van der Waals surface area contributed by atoms with Gasteiger partial charge in [0.05, 0.1) is 0 Å². The highest BCUT2D eigenvalue weighted by Gasteiger charge is 2.40. The van der Waals surface area contributed by atoms with Crippen LogP contribution in [0.15, 0.2) is 54.6 Å². The van der Waals surface area contributed by atoms with Gasteiger partial charge in [-0.15, -0.1) is 10.2 Å². The molecule has 3 heterocycles. The lowest BCUT2D eigenvalue weighted by Gasteiger charge is -2.43. The van der Waals surface area contributed by atoms with Gasteiger partial charge in [-0.3, -0.25) is 4.79 Å². The van der Waals surface area contributed by atoms with E-state index in [0.29, 0.717) is 31.8 Å². The third-order valence-electron chi connectivity index (χ3n) is 6.43. The lowest BCUT2D eigenvalue weighted by Crippen LogP contribution is -2.50. The van der Waals surface area contributed by atoms with Crippen LogP contribution in [0.5, 0.6) is 5.75 Å². The van der Waals surface area contributed by atoms with Gasteiger partial charge in [0.25, 0.3) is 0 Å². The molecule has 2 aliphatic rings. The molecule has 0 N–H and O–H groups in total. The first-order valence-corrected chi connectivity index (χ1v) is 12.5. The molecule has 9 heteroatoms. The van der Waals surface area contributed by atoms with E-state index >= 15 is 0 Å². The van der Waals surface area contributed by atoms with Crippen molar-refractivity contribution < 1.29 is 19.1 Å². The van der Waals surface area contributed by atoms with E-state index < -0.39 is 11.2 Å². The first kappa shape index (κ1) is 24.7. The van der Waals surface area contributed by atoms with Crippen LogP contribution in [-0.4, -0.2) is 61.3 Å². The van der Waals surface area contributed by atoms with Crippen LogP contribution in [0.4, 0.5) is 4.79 Å². The fraction of sp³-hybridized carbons (Fsp3) is 0.393. The highest BCUT2D eigenvalue weighted by atomic mass is 16.6. The number of Topliss-reactive ketones (excluding diaryl/α,β-unsaturated/α-hetero) is 1. The van der Waals surface area contributed by atoms with Crippen molar-refractivity contribution in [2.75, 3.05) is 13.1 Å². The summed E-state index contributed by atoms with van der Waals surface area (Å²) in [5.41, 5.74) is 2.96. The number of nitrogens with zero attached hydrogens (tertiary/aromatic N) is 5. The molecule has 0 bridgehead atoms. The molecule has 0 aliphatic carbocycles. The maximum absolute atomic E-state index is 12.6. The van der Waals surface area contributed by atoms with Crippen LogP contribution < -0.4 is 4.74 Å². The number of ether oxygens (including phenoxy) is 2. The van der Waals surface area contributed by atoms with Crippen molar-refractivity contribution in [2.24, 2.45) is 0 Å². The SMILES string of the molecule is CC(=O)Cn1nnc(-c2ccc(C3=CC4(CCN(C(=O)OC(C)(C)C)CC4)Oc4ccccc43)cc2)n1. The monoisotopic (exact) mass is 501 g/mol.